The Hall–Kier alpha value is -1.19. The number of methoxy groups -OCH3 is 1. The molecule has 0 fully saturated rings. The third-order valence-electron chi connectivity index (χ3n) is 4.18. The minimum absolute atomic E-state index is 0.187. The summed E-state index contributed by atoms with van der Waals surface area (Å²) >= 11 is 12.5. The lowest BCUT2D eigenvalue weighted by Crippen LogP contribution is -2.28. The summed E-state index contributed by atoms with van der Waals surface area (Å²) in [5.41, 5.74) is 2.74. The van der Waals surface area contributed by atoms with E-state index in [0.717, 1.165) is 16.7 Å². The van der Waals surface area contributed by atoms with E-state index in [9.17, 15) is 8.42 Å². The number of hydrogen-bond donors (Lipinski definition) is 2. The van der Waals surface area contributed by atoms with Gasteiger partial charge >= 0.3 is 0 Å². The number of hydrogen-bond acceptors (Lipinski definition) is 5. The molecule has 0 aromatic heterocycles. The molecule has 0 bridgehead atoms. The molecule has 0 saturated heterocycles. The Bertz CT molecular complexity index is 907. The van der Waals surface area contributed by atoms with Gasteiger partial charge < -0.3 is 14.8 Å². The fourth-order valence-corrected chi connectivity index (χ4v) is 4.49. The highest BCUT2D eigenvalue weighted by Crippen LogP contribution is 2.27. The molecule has 0 amide bonds. The zero-order valence-corrected chi connectivity index (χ0v) is 18.8. The molecule has 2 N–H and O–H groups in total. The van der Waals surface area contributed by atoms with Gasteiger partial charge in [0.1, 0.15) is 0 Å². The average molecular weight is 461 g/mol. The van der Waals surface area contributed by atoms with Crippen molar-refractivity contribution in [2.24, 2.45) is 0 Å². The normalized spacial score (nSPS) is 11.7. The molecule has 9 heteroatoms. The van der Waals surface area contributed by atoms with Gasteiger partial charge in [0.15, 0.2) is 0 Å². The molecule has 0 radical (unpaired) electrons. The summed E-state index contributed by atoms with van der Waals surface area (Å²) in [4.78, 5) is 0.204. The van der Waals surface area contributed by atoms with E-state index in [1.165, 1.54) is 0 Å². The first-order valence-electron chi connectivity index (χ1n) is 9.14. The van der Waals surface area contributed by atoms with Gasteiger partial charge in [-0.15, -0.1) is 0 Å². The molecule has 2 aromatic carbocycles. The van der Waals surface area contributed by atoms with E-state index < -0.39 is 10.0 Å². The Labute approximate surface area is 182 Å². The molecule has 2 rings (SSSR count). The molecule has 0 spiro atoms. The van der Waals surface area contributed by atoms with Gasteiger partial charge in [-0.3, -0.25) is 0 Å². The smallest absolute Gasteiger partial charge is 0.240 e. The summed E-state index contributed by atoms with van der Waals surface area (Å²) in [5.74, 6) is 0. The monoisotopic (exact) mass is 460 g/mol. The van der Waals surface area contributed by atoms with E-state index in [4.69, 9.17) is 32.7 Å². The maximum atomic E-state index is 12.6. The molecular formula is C20H26Cl2N2O4S. The second-order valence-electron chi connectivity index (χ2n) is 6.38. The van der Waals surface area contributed by atoms with Crippen molar-refractivity contribution in [1.29, 1.82) is 0 Å². The molecule has 0 unspecified atom stereocenters. The molecule has 160 valence electrons. The number of sulfonamides is 1. The fraction of sp³-hybridized carbons (Fsp3) is 0.400. The molecular weight excluding hydrogens is 435 g/mol. The third-order valence-corrected chi connectivity index (χ3v) is 6.19. The molecule has 29 heavy (non-hydrogen) atoms. The van der Waals surface area contributed by atoms with Gasteiger partial charge in [0.2, 0.25) is 10.0 Å². The molecule has 0 atom stereocenters. The molecule has 2 aromatic rings. The minimum atomic E-state index is -3.63. The Balaban J connectivity index is 2.11. The first kappa shape index (κ1) is 24.1. The quantitative estimate of drug-likeness (QED) is 0.475. The summed E-state index contributed by atoms with van der Waals surface area (Å²) in [7, 11) is -0.209. The Kier molecular flexibility index (Phi) is 9.85. The first-order valence-corrected chi connectivity index (χ1v) is 11.4. The van der Waals surface area contributed by atoms with Gasteiger partial charge in [-0.1, -0.05) is 35.3 Å². The summed E-state index contributed by atoms with van der Waals surface area (Å²) in [6.45, 7) is 1.94. The van der Waals surface area contributed by atoms with Crippen molar-refractivity contribution < 1.29 is 17.9 Å². The van der Waals surface area contributed by atoms with Crippen molar-refractivity contribution in [1.82, 2.24) is 10.0 Å². The van der Waals surface area contributed by atoms with Crippen molar-refractivity contribution in [3.8, 4) is 0 Å². The van der Waals surface area contributed by atoms with Crippen LogP contribution in [-0.2, 0) is 32.5 Å². The van der Waals surface area contributed by atoms with Crippen LogP contribution in [-0.4, -0.2) is 48.9 Å². The van der Waals surface area contributed by atoms with Crippen molar-refractivity contribution in [3.05, 3.63) is 63.1 Å². The number of nitrogens with one attached hydrogen (secondary N) is 2. The van der Waals surface area contributed by atoms with Crippen LogP contribution in [0.5, 0.6) is 0 Å². The highest BCUT2D eigenvalue weighted by atomic mass is 35.5. The largest absolute Gasteiger partial charge is 0.382 e. The van der Waals surface area contributed by atoms with Crippen LogP contribution in [0.2, 0.25) is 10.0 Å². The average Bonchev–Trinajstić information content (AvgIpc) is 2.67. The fourth-order valence-electron chi connectivity index (χ4n) is 2.81. The molecule has 0 saturated carbocycles. The van der Waals surface area contributed by atoms with Crippen LogP contribution < -0.4 is 10.0 Å². The van der Waals surface area contributed by atoms with Crippen molar-refractivity contribution in [2.75, 3.05) is 40.5 Å². The number of benzene rings is 2. The van der Waals surface area contributed by atoms with E-state index >= 15 is 0 Å². The maximum Gasteiger partial charge on any atom is 0.240 e. The van der Waals surface area contributed by atoms with Crippen LogP contribution in [0.15, 0.2) is 41.3 Å². The predicted octanol–water partition coefficient (Wildman–Crippen LogP) is 3.24. The minimum Gasteiger partial charge on any atom is -0.382 e. The summed E-state index contributed by atoms with van der Waals surface area (Å²) in [6, 6.07) is 10.4. The lowest BCUT2D eigenvalue weighted by Gasteiger charge is -2.13. The molecule has 0 heterocycles. The first-order chi connectivity index (χ1) is 13.9. The molecule has 0 aliphatic carbocycles. The van der Waals surface area contributed by atoms with E-state index in [2.05, 4.69) is 10.0 Å². The Morgan fingerprint density at radius 3 is 2.59 bits per heavy atom. The summed E-state index contributed by atoms with van der Waals surface area (Å²) < 4.78 is 37.8. The van der Waals surface area contributed by atoms with Gasteiger partial charge in [0.05, 0.1) is 24.7 Å². The van der Waals surface area contributed by atoms with Crippen molar-refractivity contribution >= 4 is 33.2 Å². The van der Waals surface area contributed by atoms with Crippen LogP contribution in [0.25, 0.3) is 0 Å². The Morgan fingerprint density at radius 2 is 1.86 bits per heavy atom. The summed E-state index contributed by atoms with van der Waals surface area (Å²) in [6.07, 6.45) is 0.515. The Morgan fingerprint density at radius 1 is 1.07 bits per heavy atom. The van der Waals surface area contributed by atoms with Crippen LogP contribution in [0.1, 0.15) is 16.7 Å². The van der Waals surface area contributed by atoms with Crippen LogP contribution in [0.4, 0.5) is 0 Å². The van der Waals surface area contributed by atoms with E-state index in [1.807, 2.05) is 19.2 Å². The highest BCUT2D eigenvalue weighted by molar-refractivity contribution is 7.89. The molecule has 0 aliphatic rings. The predicted molar refractivity (Wildman–Crippen MR) is 116 cm³/mol. The standard InChI is InChI=1S/C20H26Cl2N2O4S/c1-23-14-19-16(12-17(21)13-20(19)22)10-15-4-3-5-18(11-15)29(25,26)24-6-7-28-9-8-27-2/h3-5,11-13,23-24H,6-10,14H2,1-2H3. The number of rotatable bonds is 12. The van der Waals surface area contributed by atoms with Crippen molar-refractivity contribution in [2.45, 2.75) is 17.9 Å². The van der Waals surface area contributed by atoms with Gasteiger partial charge in [-0.25, -0.2) is 13.1 Å². The van der Waals surface area contributed by atoms with Crippen LogP contribution >= 0.6 is 23.2 Å². The zero-order chi connectivity index (χ0) is 21.3. The maximum absolute atomic E-state index is 12.6. The van der Waals surface area contributed by atoms with Gasteiger partial charge in [-0.05, 0) is 54.4 Å². The van der Waals surface area contributed by atoms with E-state index in [1.54, 1.807) is 31.4 Å². The third kappa shape index (κ3) is 7.53. The number of halogens is 2. The highest BCUT2D eigenvalue weighted by Gasteiger charge is 2.15. The lowest BCUT2D eigenvalue weighted by molar-refractivity contribution is 0.0736. The second kappa shape index (κ2) is 11.9. The SMILES string of the molecule is CNCc1c(Cl)cc(Cl)cc1Cc1cccc(S(=O)(=O)NCCOCCOC)c1. The molecule has 0 aliphatic heterocycles. The van der Waals surface area contributed by atoms with Crippen LogP contribution in [0, 0.1) is 0 Å². The van der Waals surface area contributed by atoms with Gasteiger partial charge in [0.25, 0.3) is 0 Å². The van der Waals surface area contributed by atoms with Gasteiger partial charge in [0, 0.05) is 30.2 Å². The topological polar surface area (TPSA) is 76.7 Å². The summed E-state index contributed by atoms with van der Waals surface area (Å²) in [5, 5.41) is 4.22. The van der Waals surface area contributed by atoms with Crippen LogP contribution in [0.3, 0.4) is 0 Å². The zero-order valence-electron chi connectivity index (χ0n) is 16.5. The number of ether oxygens (including phenoxy) is 2. The molecule has 6 nitrogen and oxygen atoms in total. The van der Waals surface area contributed by atoms with Crippen molar-refractivity contribution in [3.63, 3.8) is 0 Å². The second-order valence-corrected chi connectivity index (χ2v) is 8.99. The van der Waals surface area contributed by atoms with E-state index in [0.29, 0.717) is 36.2 Å². The van der Waals surface area contributed by atoms with Gasteiger partial charge in [-0.2, -0.15) is 0 Å². The van der Waals surface area contributed by atoms with E-state index in [-0.39, 0.29) is 18.0 Å². The lowest BCUT2D eigenvalue weighted by atomic mass is 9.99.